The highest BCUT2D eigenvalue weighted by atomic mass is 16.1. The Morgan fingerprint density at radius 1 is 1.07 bits per heavy atom. The van der Waals surface area contributed by atoms with Crippen LogP contribution in [0.15, 0.2) is 67.4 Å². The Kier molecular flexibility index (Phi) is 4.28. The van der Waals surface area contributed by atoms with Gasteiger partial charge in [0.25, 0.3) is 5.91 Å². The molecule has 4 aromatic rings. The monoisotopic (exact) mass is 383 g/mol. The lowest BCUT2D eigenvalue weighted by Gasteiger charge is -2.08. The average molecular weight is 383 g/mol. The number of aromatic nitrogens is 6. The van der Waals surface area contributed by atoms with Crippen molar-refractivity contribution in [2.75, 3.05) is 5.32 Å². The fourth-order valence-electron chi connectivity index (χ4n) is 3.12. The van der Waals surface area contributed by atoms with Gasteiger partial charge in [-0.3, -0.25) is 14.8 Å². The summed E-state index contributed by atoms with van der Waals surface area (Å²) >= 11 is 0. The highest BCUT2D eigenvalue weighted by Gasteiger charge is 2.27. The van der Waals surface area contributed by atoms with E-state index in [1.54, 1.807) is 37.1 Å². The van der Waals surface area contributed by atoms with E-state index in [9.17, 15) is 4.79 Å². The van der Waals surface area contributed by atoms with Crippen LogP contribution >= 0.6 is 0 Å². The molecule has 0 aromatic carbocycles. The minimum Gasteiger partial charge on any atom is -0.309 e. The maximum atomic E-state index is 12.7. The molecule has 8 nitrogen and oxygen atoms in total. The van der Waals surface area contributed by atoms with Crippen molar-refractivity contribution in [1.82, 2.24) is 29.7 Å². The largest absolute Gasteiger partial charge is 0.309 e. The molecule has 1 fully saturated rings. The average Bonchev–Trinajstić information content (AvgIpc) is 3.50. The molecule has 4 heterocycles. The molecule has 0 bridgehead atoms. The topological polar surface area (TPSA) is 98.5 Å². The van der Waals surface area contributed by atoms with Crippen molar-refractivity contribution in [1.29, 1.82) is 0 Å². The van der Waals surface area contributed by atoms with Gasteiger partial charge in [-0.2, -0.15) is 0 Å². The van der Waals surface area contributed by atoms with E-state index in [1.165, 1.54) is 0 Å². The number of amides is 1. The molecule has 0 atom stereocenters. The number of nitrogens with zero attached hydrogens (tertiary/aromatic N) is 6. The first-order valence-corrected chi connectivity index (χ1v) is 9.33. The summed E-state index contributed by atoms with van der Waals surface area (Å²) < 4.78 is 2.03. The van der Waals surface area contributed by atoms with Gasteiger partial charge < -0.3 is 9.88 Å². The predicted molar refractivity (Wildman–Crippen MR) is 107 cm³/mol. The Balaban J connectivity index is 1.38. The van der Waals surface area contributed by atoms with Gasteiger partial charge in [-0.1, -0.05) is 12.1 Å². The zero-order chi connectivity index (χ0) is 19.6. The van der Waals surface area contributed by atoms with Crippen molar-refractivity contribution in [3.63, 3.8) is 0 Å². The maximum Gasteiger partial charge on any atom is 0.275 e. The molecule has 1 aliphatic rings. The zero-order valence-corrected chi connectivity index (χ0v) is 15.4. The van der Waals surface area contributed by atoms with Crippen molar-refractivity contribution in [3.8, 4) is 22.6 Å². The molecule has 4 aromatic heterocycles. The molecule has 1 saturated carbocycles. The van der Waals surface area contributed by atoms with Crippen LogP contribution in [0.5, 0.6) is 0 Å². The van der Waals surface area contributed by atoms with Crippen LogP contribution in [0.4, 0.5) is 5.82 Å². The first-order valence-electron chi connectivity index (χ1n) is 9.33. The molecular formula is C21H17N7O. The van der Waals surface area contributed by atoms with Crippen LogP contribution in [0, 0.1) is 0 Å². The molecule has 29 heavy (non-hydrogen) atoms. The number of rotatable bonds is 5. The van der Waals surface area contributed by atoms with E-state index in [-0.39, 0.29) is 5.91 Å². The molecule has 0 unspecified atom stereocenters. The summed E-state index contributed by atoms with van der Waals surface area (Å²) in [5, 5.41) is 11.0. The van der Waals surface area contributed by atoms with Gasteiger partial charge in [0.1, 0.15) is 23.5 Å². The van der Waals surface area contributed by atoms with E-state index in [0.29, 0.717) is 29.1 Å². The number of nitrogens with one attached hydrogen (secondary N) is 1. The van der Waals surface area contributed by atoms with Gasteiger partial charge in [0.05, 0.1) is 0 Å². The highest BCUT2D eigenvalue weighted by molar-refractivity contribution is 6.03. The van der Waals surface area contributed by atoms with E-state index >= 15 is 0 Å². The third-order valence-electron chi connectivity index (χ3n) is 4.72. The molecule has 0 spiro atoms. The van der Waals surface area contributed by atoms with Crippen molar-refractivity contribution < 1.29 is 4.79 Å². The van der Waals surface area contributed by atoms with E-state index in [4.69, 9.17) is 0 Å². The SMILES string of the molecule is O=C(Nc1cccc(-c2nncn2C2CC2)n1)c1cc(-c2cccnc2)ccn1. The predicted octanol–water partition coefficient (Wildman–Crippen LogP) is 3.38. The van der Waals surface area contributed by atoms with Crippen LogP contribution in [-0.2, 0) is 0 Å². The standard InChI is InChI=1S/C21H17N7O/c29-21(18-11-14(8-10-23-18)15-3-2-9-22-12-15)26-19-5-1-4-17(25-19)20-27-24-13-28(20)16-6-7-16/h1-5,8-13,16H,6-7H2,(H,25,26,29). The lowest BCUT2D eigenvalue weighted by Crippen LogP contribution is -2.15. The number of pyridine rings is 3. The summed E-state index contributed by atoms with van der Waals surface area (Å²) in [5.41, 5.74) is 2.77. The van der Waals surface area contributed by atoms with Gasteiger partial charge in [0, 0.05) is 30.2 Å². The van der Waals surface area contributed by atoms with E-state index in [1.807, 2.05) is 34.9 Å². The highest BCUT2D eigenvalue weighted by Crippen LogP contribution is 2.37. The van der Waals surface area contributed by atoms with E-state index in [0.717, 1.165) is 24.0 Å². The van der Waals surface area contributed by atoms with E-state index in [2.05, 4.69) is 30.5 Å². The Bertz CT molecular complexity index is 1170. The molecular weight excluding hydrogens is 366 g/mol. The molecule has 5 rings (SSSR count). The van der Waals surface area contributed by atoms with Crippen molar-refractivity contribution in [2.45, 2.75) is 18.9 Å². The first kappa shape index (κ1) is 17.2. The number of carbonyl (C=O) groups is 1. The normalized spacial score (nSPS) is 13.2. The summed E-state index contributed by atoms with van der Waals surface area (Å²) in [6, 6.07) is 13.3. The smallest absolute Gasteiger partial charge is 0.275 e. The van der Waals surface area contributed by atoms with Crippen LogP contribution in [0.25, 0.3) is 22.6 Å². The number of hydrogen-bond donors (Lipinski definition) is 1. The molecule has 0 aliphatic heterocycles. The minimum absolute atomic E-state index is 0.305. The van der Waals surface area contributed by atoms with Gasteiger partial charge in [0.15, 0.2) is 5.82 Å². The summed E-state index contributed by atoms with van der Waals surface area (Å²) in [6.45, 7) is 0. The molecule has 8 heteroatoms. The fraction of sp³-hybridized carbons (Fsp3) is 0.143. The van der Waals surface area contributed by atoms with Crippen LogP contribution in [-0.4, -0.2) is 35.6 Å². The lowest BCUT2D eigenvalue weighted by atomic mass is 10.1. The number of anilines is 1. The molecule has 1 N–H and O–H groups in total. The second-order valence-electron chi connectivity index (χ2n) is 6.83. The molecule has 1 aliphatic carbocycles. The molecule has 1 amide bonds. The first-order chi connectivity index (χ1) is 14.3. The van der Waals surface area contributed by atoms with Gasteiger partial charge in [-0.15, -0.1) is 10.2 Å². The number of carbonyl (C=O) groups excluding carboxylic acids is 1. The van der Waals surface area contributed by atoms with Crippen LogP contribution in [0.2, 0.25) is 0 Å². The van der Waals surface area contributed by atoms with E-state index < -0.39 is 0 Å². The summed E-state index contributed by atoms with van der Waals surface area (Å²) in [4.78, 5) is 25.6. The quantitative estimate of drug-likeness (QED) is 0.567. The van der Waals surface area contributed by atoms with Gasteiger partial charge in [-0.05, 0) is 48.7 Å². The summed E-state index contributed by atoms with van der Waals surface area (Å²) in [6.07, 6.45) is 9.05. The molecule has 142 valence electrons. The number of hydrogen-bond acceptors (Lipinski definition) is 6. The third kappa shape index (κ3) is 3.60. The summed E-state index contributed by atoms with van der Waals surface area (Å²) in [7, 11) is 0. The summed E-state index contributed by atoms with van der Waals surface area (Å²) in [5.74, 6) is 0.816. The lowest BCUT2D eigenvalue weighted by molar-refractivity contribution is 0.102. The second kappa shape index (κ2) is 7.23. The Morgan fingerprint density at radius 3 is 2.83 bits per heavy atom. The van der Waals surface area contributed by atoms with Gasteiger partial charge in [0.2, 0.25) is 0 Å². The van der Waals surface area contributed by atoms with Crippen LogP contribution in [0.3, 0.4) is 0 Å². The second-order valence-corrected chi connectivity index (χ2v) is 6.83. The zero-order valence-electron chi connectivity index (χ0n) is 15.4. The fourth-order valence-corrected chi connectivity index (χ4v) is 3.12. The molecule has 0 saturated heterocycles. The van der Waals surface area contributed by atoms with Gasteiger partial charge >= 0.3 is 0 Å². The Labute approximate surface area is 166 Å². The van der Waals surface area contributed by atoms with Crippen molar-refractivity contribution in [3.05, 3.63) is 73.1 Å². The van der Waals surface area contributed by atoms with Crippen molar-refractivity contribution in [2.24, 2.45) is 0 Å². The van der Waals surface area contributed by atoms with Crippen LogP contribution in [0.1, 0.15) is 29.4 Å². The van der Waals surface area contributed by atoms with Gasteiger partial charge in [-0.25, -0.2) is 4.98 Å². The van der Waals surface area contributed by atoms with Crippen molar-refractivity contribution >= 4 is 11.7 Å². The minimum atomic E-state index is -0.330. The third-order valence-corrected chi connectivity index (χ3v) is 4.72. The Morgan fingerprint density at radius 2 is 2.00 bits per heavy atom. The Hall–Kier alpha value is -3.94. The maximum absolute atomic E-state index is 12.7. The molecule has 0 radical (unpaired) electrons. The van der Waals surface area contributed by atoms with Crippen LogP contribution < -0.4 is 5.32 Å².